The largest absolute Gasteiger partial charge is 0.399 e. The minimum Gasteiger partial charge on any atom is -0.399 e. The molecule has 1 atom stereocenters. The fraction of sp³-hybridized carbons (Fsp3) is 0.462. The smallest absolute Gasteiger partial charge is 0.251 e. The number of rotatable bonds is 5. The summed E-state index contributed by atoms with van der Waals surface area (Å²) in [6, 6.07) is 4.74. The van der Waals surface area contributed by atoms with Crippen molar-refractivity contribution in [1.82, 2.24) is 5.32 Å². The van der Waals surface area contributed by atoms with Gasteiger partial charge in [0.25, 0.3) is 5.91 Å². The van der Waals surface area contributed by atoms with Crippen molar-refractivity contribution in [3.8, 4) is 0 Å². The van der Waals surface area contributed by atoms with Crippen molar-refractivity contribution in [2.75, 3.05) is 12.3 Å². The van der Waals surface area contributed by atoms with Gasteiger partial charge in [0.05, 0.1) is 0 Å². The molecule has 0 aliphatic rings. The zero-order valence-electron chi connectivity index (χ0n) is 10.7. The Balaban J connectivity index is 2.87. The number of halogens is 1. The van der Waals surface area contributed by atoms with Gasteiger partial charge >= 0.3 is 0 Å². The summed E-state index contributed by atoms with van der Waals surface area (Å²) in [4.78, 5) is 12.1. The normalized spacial score (nSPS) is 14.0. The first-order chi connectivity index (χ1) is 8.40. The summed E-state index contributed by atoms with van der Waals surface area (Å²) in [5.74, 6) is -0.234. The fourth-order valence-electron chi connectivity index (χ4n) is 1.66. The minimum absolute atomic E-state index is 0.0301. The van der Waals surface area contributed by atoms with Gasteiger partial charge < -0.3 is 16.2 Å². The van der Waals surface area contributed by atoms with Crippen LogP contribution in [-0.4, -0.2) is 23.2 Å². The first kappa shape index (κ1) is 14.8. The van der Waals surface area contributed by atoms with Gasteiger partial charge in [-0.25, -0.2) is 0 Å². The van der Waals surface area contributed by atoms with Crippen LogP contribution in [0.25, 0.3) is 0 Å². The first-order valence-electron chi connectivity index (χ1n) is 5.89. The number of aliphatic hydroxyl groups excluding tert-OH is 1. The Bertz CT molecular complexity index is 417. The summed E-state index contributed by atoms with van der Waals surface area (Å²) in [5.41, 5.74) is 6.10. The predicted octanol–water partition coefficient (Wildman–Crippen LogP) is 2.20. The van der Waals surface area contributed by atoms with Crippen LogP contribution in [0.3, 0.4) is 0 Å². The van der Waals surface area contributed by atoms with Gasteiger partial charge in [0.2, 0.25) is 0 Å². The van der Waals surface area contributed by atoms with E-state index in [0.717, 1.165) is 6.42 Å². The highest BCUT2D eigenvalue weighted by Crippen LogP contribution is 2.19. The summed E-state index contributed by atoms with van der Waals surface area (Å²) in [6.07, 6.45) is 1.24. The van der Waals surface area contributed by atoms with Crippen molar-refractivity contribution in [2.45, 2.75) is 32.2 Å². The molecule has 1 aromatic carbocycles. The molecule has 18 heavy (non-hydrogen) atoms. The van der Waals surface area contributed by atoms with Gasteiger partial charge in [-0.1, -0.05) is 18.5 Å². The molecule has 0 aromatic heterocycles. The average molecular weight is 271 g/mol. The van der Waals surface area contributed by atoms with Gasteiger partial charge in [0, 0.05) is 28.4 Å². The van der Waals surface area contributed by atoms with Gasteiger partial charge in [0.15, 0.2) is 0 Å². The Morgan fingerprint density at radius 3 is 2.67 bits per heavy atom. The number of hydrogen-bond donors (Lipinski definition) is 3. The fourth-order valence-corrected chi connectivity index (χ4v) is 1.91. The molecule has 0 aliphatic carbocycles. The third-order valence-corrected chi connectivity index (χ3v) is 3.26. The molecule has 5 heteroatoms. The maximum atomic E-state index is 12.1. The second-order valence-corrected chi connectivity index (χ2v) is 5.05. The van der Waals surface area contributed by atoms with E-state index in [1.54, 1.807) is 18.2 Å². The third-order valence-electron chi connectivity index (χ3n) is 3.04. The molecule has 0 saturated carbocycles. The van der Waals surface area contributed by atoms with Gasteiger partial charge in [-0.15, -0.1) is 0 Å². The molecule has 1 aromatic rings. The molecule has 4 N–H and O–H groups in total. The number of nitrogens with two attached hydrogens (primary N) is 1. The highest BCUT2D eigenvalue weighted by Gasteiger charge is 2.24. The second-order valence-electron chi connectivity index (χ2n) is 4.62. The zero-order chi connectivity index (χ0) is 13.8. The van der Waals surface area contributed by atoms with Crippen LogP contribution in [0.1, 0.15) is 37.0 Å². The van der Waals surface area contributed by atoms with Crippen LogP contribution in [0, 0.1) is 0 Å². The van der Waals surface area contributed by atoms with Crippen LogP contribution < -0.4 is 11.1 Å². The zero-order valence-corrected chi connectivity index (χ0v) is 11.4. The van der Waals surface area contributed by atoms with Gasteiger partial charge in [-0.3, -0.25) is 4.79 Å². The summed E-state index contributed by atoms with van der Waals surface area (Å²) < 4.78 is 0. The highest BCUT2D eigenvalue weighted by atomic mass is 35.5. The molecule has 0 spiro atoms. The van der Waals surface area contributed by atoms with Crippen LogP contribution in [0.15, 0.2) is 18.2 Å². The number of carbonyl (C=O) groups is 1. The molecule has 100 valence electrons. The lowest BCUT2D eigenvalue weighted by molar-refractivity contribution is 0.0886. The Morgan fingerprint density at radius 1 is 1.50 bits per heavy atom. The lowest BCUT2D eigenvalue weighted by Crippen LogP contribution is -2.46. The number of aliphatic hydroxyl groups is 1. The number of anilines is 1. The van der Waals surface area contributed by atoms with E-state index in [-0.39, 0.29) is 12.5 Å². The number of nitrogen functional groups attached to an aromatic ring is 1. The van der Waals surface area contributed by atoms with Crippen molar-refractivity contribution in [2.24, 2.45) is 0 Å². The van der Waals surface area contributed by atoms with Crippen molar-refractivity contribution in [3.63, 3.8) is 0 Å². The van der Waals surface area contributed by atoms with E-state index >= 15 is 0 Å². The molecule has 0 saturated heterocycles. The molecule has 1 unspecified atom stereocenters. The quantitative estimate of drug-likeness (QED) is 0.718. The Labute approximate surface area is 112 Å². The lowest BCUT2D eigenvalue weighted by Gasteiger charge is -2.29. The third kappa shape index (κ3) is 3.89. The molecular weight excluding hydrogens is 252 g/mol. The summed E-state index contributed by atoms with van der Waals surface area (Å²) in [6.45, 7) is 3.89. The van der Waals surface area contributed by atoms with Gasteiger partial charge in [-0.05, 0) is 38.0 Å². The molecular formula is C13H19ClN2O2. The lowest BCUT2D eigenvalue weighted by atomic mass is 9.94. The Morgan fingerprint density at radius 2 is 2.17 bits per heavy atom. The van der Waals surface area contributed by atoms with Crippen molar-refractivity contribution >= 4 is 23.2 Å². The number of nitrogens with one attached hydrogen (secondary N) is 1. The molecule has 0 fully saturated rings. The molecule has 0 radical (unpaired) electrons. The predicted molar refractivity (Wildman–Crippen MR) is 73.7 cm³/mol. The van der Waals surface area contributed by atoms with E-state index in [9.17, 15) is 4.79 Å². The molecule has 1 amide bonds. The minimum atomic E-state index is -0.428. The van der Waals surface area contributed by atoms with Crippen molar-refractivity contribution < 1.29 is 9.90 Å². The van der Waals surface area contributed by atoms with Crippen LogP contribution in [0.5, 0.6) is 0 Å². The van der Waals surface area contributed by atoms with Crippen LogP contribution >= 0.6 is 11.6 Å². The van der Waals surface area contributed by atoms with Gasteiger partial charge in [-0.2, -0.15) is 0 Å². The SMILES string of the molecule is CCC(C)(CCO)NC(=O)c1cc(N)cc(Cl)c1. The number of hydrogen-bond acceptors (Lipinski definition) is 3. The van der Waals surface area contributed by atoms with E-state index in [1.165, 1.54) is 0 Å². The van der Waals surface area contributed by atoms with Crippen molar-refractivity contribution in [3.05, 3.63) is 28.8 Å². The molecule has 4 nitrogen and oxygen atoms in total. The van der Waals surface area contributed by atoms with E-state index < -0.39 is 5.54 Å². The number of amides is 1. The molecule has 0 heterocycles. The number of carbonyl (C=O) groups excluding carboxylic acids is 1. The average Bonchev–Trinajstić information content (AvgIpc) is 2.28. The maximum absolute atomic E-state index is 12.1. The highest BCUT2D eigenvalue weighted by molar-refractivity contribution is 6.31. The molecule has 0 bridgehead atoms. The van der Waals surface area contributed by atoms with Crippen LogP contribution in [0.2, 0.25) is 5.02 Å². The first-order valence-corrected chi connectivity index (χ1v) is 6.27. The second kappa shape index (κ2) is 6.07. The number of benzene rings is 1. The maximum Gasteiger partial charge on any atom is 0.251 e. The standard InChI is InChI=1S/C13H19ClN2O2/c1-3-13(2,4-5-17)16-12(18)9-6-10(14)8-11(15)7-9/h6-8,17H,3-5,15H2,1-2H3,(H,16,18). The summed E-state index contributed by atoms with van der Waals surface area (Å²) in [5, 5.41) is 12.3. The molecule has 0 aliphatic heterocycles. The summed E-state index contributed by atoms with van der Waals surface area (Å²) in [7, 11) is 0. The van der Waals surface area contributed by atoms with Crippen LogP contribution in [-0.2, 0) is 0 Å². The monoisotopic (exact) mass is 270 g/mol. The van der Waals surface area contributed by atoms with E-state index in [2.05, 4.69) is 5.32 Å². The Hall–Kier alpha value is -1.26. The van der Waals surface area contributed by atoms with Crippen LogP contribution in [0.4, 0.5) is 5.69 Å². The van der Waals surface area contributed by atoms with E-state index in [4.69, 9.17) is 22.4 Å². The molecule has 1 rings (SSSR count). The summed E-state index contributed by atoms with van der Waals surface area (Å²) >= 11 is 5.86. The topological polar surface area (TPSA) is 75.3 Å². The Kier molecular flexibility index (Phi) is 4.99. The van der Waals surface area contributed by atoms with Crippen molar-refractivity contribution in [1.29, 1.82) is 0 Å². The van der Waals surface area contributed by atoms with E-state index in [1.807, 2.05) is 13.8 Å². The van der Waals surface area contributed by atoms with Gasteiger partial charge in [0.1, 0.15) is 0 Å². The van der Waals surface area contributed by atoms with E-state index in [0.29, 0.717) is 22.7 Å².